The highest BCUT2D eigenvalue weighted by atomic mass is 33.1. The van der Waals surface area contributed by atoms with Crippen LogP contribution in [0.2, 0.25) is 0 Å². The number of nitrogens with one attached hydrogen (secondary N) is 1. The molecular weight excluding hydrogens is 775 g/mol. The Bertz CT molecular complexity index is 1730. The molecule has 1 aromatic heterocycles. The van der Waals surface area contributed by atoms with Crippen LogP contribution in [0.4, 0.5) is 0 Å². The Morgan fingerprint density at radius 1 is 1.11 bits per heavy atom. The maximum Gasteiger partial charge on any atom is 0.306 e. The van der Waals surface area contributed by atoms with Crippen molar-refractivity contribution < 1.29 is 58.8 Å². The average Bonchev–Trinajstić information content (AvgIpc) is 3.66. The summed E-state index contributed by atoms with van der Waals surface area (Å²) in [6.45, 7) is 5.87. The number of allylic oxidation sites excluding steroid dienone is 1. The van der Waals surface area contributed by atoms with E-state index in [1.54, 1.807) is 42.0 Å². The number of benzene rings is 1. The van der Waals surface area contributed by atoms with Gasteiger partial charge < -0.3 is 59.3 Å². The van der Waals surface area contributed by atoms with E-state index in [1.807, 2.05) is 0 Å². The third-order valence-electron chi connectivity index (χ3n) is 13.3. The first-order chi connectivity index (χ1) is 27.4. The van der Waals surface area contributed by atoms with Gasteiger partial charge >= 0.3 is 5.97 Å². The maximum absolute atomic E-state index is 13.1. The van der Waals surface area contributed by atoms with Crippen LogP contribution >= 0.6 is 21.6 Å². The number of fused-ring (bicyclic) bond motifs is 11. The van der Waals surface area contributed by atoms with Crippen molar-refractivity contribution >= 4 is 38.5 Å². The number of furan rings is 1. The predicted octanol–water partition coefficient (Wildman–Crippen LogP) is 4.26. The molecular formula is C42H61NO12S2. The summed E-state index contributed by atoms with van der Waals surface area (Å²) in [5.41, 5.74) is -5.58. The molecule has 1 saturated heterocycles. The van der Waals surface area contributed by atoms with Crippen LogP contribution in [0.3, 0.4) is 0 Å². The first-order valence-corrected chi connectivity index (χ1v) is 23.1. The zero-order chi connectivity index (χ0) is 40.6. The van der Waals surface area contributed by atoms with Gasteiger partial charge in [-0.2, -0.15) is 0 Å². The number of carbonyl (C=O) groups excluding carboxylic acids is 1. The van der Waals surface area contributed by atoms with Crippen LogP contribution in [-0.2, 0) is 20.7 Å². The van der Waals surface area contributed by atoms with Crippen molar-refractivity contribution in [3.8, 4) is 11.5 Å². The summed E-state index contributed by atoms with van der Waals surface area (Å²) >= 11 is 0. The standard InChI is InChI=1S/C42H61NO12S2/c1-4-51-32(47)13-10-26-20-27-14-18-52-34(27)36-35(26)54-38-42(50)33-28(9-11-30(46)29(33)22-44)21-41(49,37(42)48)40(23-45,55-38)24-56-57-39(15-6-5-7-16-39)31(12-8-25(2)3)43-17-19-53-36/h9,11,14,18,20,25,28-31,33,37-38,43-46,48-50H,4-8,10,12-13,15-17,19,21-24H2,1-3H3/t28-,29-,30+,31-,33+,37-,38+,40-,41-,42+/m0/s1. The third-order valence-corrected chi connectivity index (χ3v) is 16.8. The largest absolute Gasteiger partial charge is 0.485 e. The lowest BCUT2D eigenvalue weighted by Crippen LogP contribution is -2.85. The molecule has 2 aliphatic heterocycles. The van der Waals surface area contributed by atoms with E-state index < -0.39 is 72.2 Å². The van der Waals surface area contributed by atoms with E-state index in [-0.39, 0.29) is 60.5 Å². The van der Waals surface area contributed by atoms with Crippen LogP contribution in [-0.4, -0.2) is 121 Å². The minimum absolute atomic E-state index is 0.00491. The van der Waals surface area contributed by atoms with Gasteiger partial charge in [-0.15, -0.1) is 0 Å². The van der Waals surface area contributed by atoms with Crippen LogP contribution in [0, 0.1) is 23.7 Å². The SMILES string of the molecule is CCOC(=O)CCc1cc2ccoc2c2c1O[C@@H]1O[C@@](CO)(CSSC3(CCCCC3)[C@H](CCC(C)C)NCCO2)[C@]2(O)C[C@@H]3C=C[C@@H](O)[C@H](CO)[C@@H]3[C@@]1(O)[C@H]2O. The second-order valence-corrected chi connectivity index (χ2v) is 19.9. The zero-order valence-corrected chi connectivity index (χ0v) is 34.9. The number of aryl methyl sites for hydroxylation is 1. The Morgan fingerprint density at radius 2 is 1.89 bits per heavy atom. The van der Waals surface area contributed by atoms with E-state index >= 15 is 0 Å². The van der Waals surface area contributed by atoms with Gasteiger partial charge in [0.15, 0.2) is 16.9 Å². The van der Waals surface area contributed by atoms with Crippen molar-refractivity contribution in [1.82, 2.24) is 5.32 Å². The third kappa shape index (κ3) is 7.76. The highest BCUT2D eigenvalue weighted by molar-refractivity contribution is 8.77. The van der Waals surface area contributed by atoms with Crippen LogP contribution in [0.15, 0.2) is 35.0 Å². The van der Waals surface area contributed by atoms with E-state index in [9.17, 15) is 35.4 Å². The monoisotopic (exact) mass is 835 g/mol. The fourth-order valence-corrected chi connectivity index (χ4v) is 14.2. The number of aliphatic hydroxyl groups excluding tert-OH is 4. The van der Waals surface area contributed by atoms with Crippen molar-refractivity contribution in [2.75, 3.05) is 38.7 Å². The Balaban J connectivity index is 1.40. The minimum Gasteiger partial charge on any atom is -0.485 e. The van der Waals surface area contributed by atoms with E-state index in [1.165, 1.54) is 17.1 Å². The molecule has 4 bridgehead atoms. The first kappa shape index (κ1) is 43.1. The topological polar surface area (TPSA) is 201 Å². The Kier molecular flexibility index (Phi) is 13.2. The predicted molar refractivity (Wildman–Crippen MR) is 217 cm³/mol. The summed E-state index contributed by atoms with van der Waals surface area (Å²) in [6, 6.07) is 3.71. The van der Waals surface area contributed by atoms with Gasteiger partial charge in [0.05, 0.1) is 25.6 Å². The maximum atomic E-state index is 13.1. The molecule has 57 heavy (non-hydrogen) atoms. The van der Waals surface area contributed by atoms with Crippen molar-refractivity contribution in [2.45, 2.75) is 131 Å². The summed E-state index contributed by atoms with van der Waals surface area (Å²) in [5.74, 6) is -2.23. The van der Waals surface area contributed by atoms with Gasteiger partial charge in [0, 0.05) is 53.3 Å². The number of hydrogen-bond donors (Lipinski definition) is 7. The molecule has 1 spiro atoms. The molecule has 0 radical (unpaired) electrons. The van der Waals surface area contributed by atoms with Gasteiger partial charge in [0.2, 0.25) is 12.0 Å². The lowest BCUT2D eigenvalue weighted by Gasteiger charge is -2.66. The van der Waals surface area contributed by atoms with Crippen molar-refractivity contribution in [2.24, 2.45) is 23.7 Å². The highest BCUT2D eigenvalue weighted by Crippen LogP contribution is 2.61. The van der Waals surface area contributed by atoms with Gasteiger partial charge in [-0.05, 0) is 75.0 Å². The summed E-state index contributed by atoms with van der Waals surface area (Å²) in [5, 5.41) is 76.1. The molecule has 3 heterocycles. The normalized spacial score (nSPS) is 36.7. The average molecular weight is 836 g/mol. The summed E-state index contributed by atoms with van der Waals surface area (Å²) in [4.78, 5) is 12.7. The summed E-state index contributed by atoms with van der Waals surface area (Å²) in [7, 11) is 3.24. The molecule has 3 fully saturated rings. The second kappa shape index (κ2) is 17.5. The molecule has 15 heteroatoms. The van der Waals surface area contributed by atoms with Gasteiger partial charge in [-0.3, -0.25) is 4.79 Å². The summed E-state index contributed by atoms with van der Waals surface area (Å²) < 4.78 is 31.3. The molecule has 0 unspecified atom stereocenters. The van der Waals surface area contributed by atoms with Crippen molar-refractivity contribution in [1.29, 1.82) is 0 Å². The van der Waals surface area contributed by atoms with E-state index in [2.05, 4.69) is 19.2 Å². The van der Waals surface area contributed by atoms with E-state index in [0.29, 0.717) is 29.0 Å². The number of carbonyl (C=O) groups is 1. The second-order valence-electron chi connectivity index (χ2n) is 17.2. The summed E-state index contributed by atoms with van der Waals surface area (Å²) in [6.07, 6.45) is 7.13. The molecule has 13 nitrogen and oxygen atoms in total. The molecule has 1 aromatic carbocycles. The fourth-order valence-electron chi connectivity index (χ4n) is 10.3. The number of rotatable bonds is 9. The van der Waals surface area contributed by atoms with Crippen molar-refractivity contribution in [3.63, 3.8) is 0 Å². The quantitative estimate of drug-likeness (QED) is 0.107. The molecule has 5 aliphatic rings. The molecule has 7 N–H and O–H groups in total. The van der Waals surface area contributed by atoms with Gasteiger partial charge in [0.1, 0.15) is 23.9 Å². The molecule has 3 aliphatic carbocycles. The fraction of sp³-hybridized carbons (Fsp3) is 0.738. The Labute approximate surface area is 342 Å². The lowest BCUT2D eigenvalue weighted by atomic mass is 9.51. The van der Waals surface area contributed by atoms with Crippen LogP contribution in [0.25, 0.3) is 11.0 Å². The highest BCUT2D eigenvalue weighted by Gasteiger charge is 2.76. The number of ether oxygens (including phenoxy) is 4. The van der Waals surface area contributed by atoms with Crippen LogP contribution < -0.4 is 14.8 Å². The number of esters is 1. The lowest BCUT2D eigenvalue weighted by molar-refractivity contribution is -0.416. The van der Waals surface area contributed by atoms with Crippen LogP contribution in [0.5, 0.6) is 11.5 Å². The van der Waals surface area contributed by atoms with Crippen LogP contribution in [0.1, 0.15) is 84.1 Å². The smallest absolute Gasteiger partial charge is 0.306 e. The minimum atomic E-state index is -2.43. The molecule has 10 atom stereocenters. The first-order valence-electron chi connectivity index (χ1n) is 20.8. The molecule has 2 aromatic rings. The number of aliphatic hydroxyl groups is 6. The molecule has 318 valence electrons. The van der Waals surface area contributed by atoms with Gasteiger partial charge in [-0.1, -0.05) is 66.8 Å². The number of hydrogen-bond acceptors (Lipinski definition) is 15. The Morgan fingerprint density at radius 3 is 2.61 bits per heavy atom. The van der Waals surface area contributed by atoms with E-state index in [0.717, 1.165) is 44.9 Å². The molecule has 0 amide bonds. The zero-order valence-electron chi connectivity index (χ0n) is 33.3. The van der Waals surface area contributed by atoms with E-state index in [4.69, 9.17) is 23.4 Å². The molecule has 7 rings (SSSR count). The molecule has 2 saturated carbocycles. The van der Waals surface area contributed by atoms with Gasteiger partial charge in [0.25, 0.3) is 0 Å². The van der Waals surface area contributed by atoms with Gasteiger partial charge in [-0.25, -0.2) is 0 Å². The van der Waals surface area contributed by atoms with Crippen molar-refractivity contribution in [3.05, 3.63) is 36.1 Å². The Hall–Kier alpha value is -2.05.